The second-order valence-corrected chi connectivity index (χ2v) is 8.52. The van der Waals surface area contributed by atoms with Gasteiger partial charge >= 0.3 is 5.97 Å². The normalized spacial score (nSPS) is 17.7. The first-order valence-electron chi connectivity index (χ1n) is 8.48. The lowest BCUT2D eigenvalue weighted by atomic mass is 10.1. The maximum Gasteiger partial charge on any atom is 0.338 e. The van der Waals surface area contributed by atoms with Gasteiger partial charge in [0.25, 0.3) is 5.91 Å². The van der Waals surface area contributed by atoms with E-state index in [1.54, 1.807) is 29.6 Å². The zero-order valence-electron chi connectivity index (χ0n) is 14.2. The first-order valence-corrected chi connectivity index (χ1v) is 10.4. The van der Waals surface area contributed by atoms with Crippen molar-refractivity contribution in [3.05, 3.63) is 35.4 Å². The van der Waals surface area contributed by atoms with Crippen LogP contribution in [-0.2, 0) is 15.3 Å². The highest BCUT2D eigenvalue weighted by Gasteiger charge is 2.29. The molecule has 134 valence electrons. The minimum Gasteiger partial charge on any atom is -0.452 e. The van der Waals surface area contributed by atoms with E-state index in [2.05, 4.69) is 10.3 Å². The molecule has 1 aromatic rings. The van der Waals surface area contributed by atoms with Crippen LogP contribution in [0.5, 0.6) is 0 Å². The Morgan fingerprint density at radius 1 is 1.40 bits per heavy atom. The molecule has 0 spiro atoms. The van der Waals surface area contributed by atoms with E-state index in [9.17, 15) is 9.59 Å². The lowest BCUT2D eigenvalue weighted by Crippen LogP contribution is -2.37. The summed E-state index contributed by atoms with van der Waals surface area (Å²) in [5.74, 6) is 1.58. The number of rotatable bonds is 7. The van der Waals surface area contributed by atoms with Crippen LogP contribution >= 0.6 is 23.5 Å². The smallest absolute Gasteiger partial charge is 0.338 e. The molecule has 1 atom stereocenters. The van der Waals surface area contributed by atoms with Gasteiger partial charge in [-0.05, 0) is 37.3 Å². The molecule has 1 N–H and O–H groups in total. The minimum atomic E-state index is -0.452. The molecule has 5 nitrogen and oxygen atoms in total. The summed E-state index contributed by atoms with van der Waals surface area (Å²) in [6.07, 6.45) is 2.33. The maximum absolute atomic E-state index is 12.4. The third-order valence-corrected chi connectivity index (χ3v) is 6.50. The van der Waals surface area contributed by atoms with Crippen LogP contribution in [0, 0.1) is 5.92 Å². The average Bonchev–Trinajstić information content (AvgIpc) is 3.35. The second kappa shape index (κ2) is 8.76. The van der Waals surface area contributed by atoms with E-state index < -0.39 is 5.97 Å². The van der Waals surface area contributed by atoms with Crippen LogP contribution < -0.4 is 5.32 Å². The second-order valence-electron chi connectivity index (χ2n) is 6.21. The van der Waals surface area contributed by atoms with Crippen LogP contribution in [0.3, 0.4) is 0 Å². The van der Waals surface area contributed by atoms with E-state index >= 15 is 0 Å². The van der Waals surface area contributed by atoms with Crippen LogP contribution in [0.4, 0.5) is 0 Å². The number of carbonyl (C=O) groups excluding carboxylic acids is 2. The molecule has 0 radical (unpaired) electrons. The van der Waals surface area contributed by atoms with E-state index in [-0.39, 0.29) is 18.6 Å². The fourth-order valence-electron chi connectivity index (χ4n) is 2.61. The Bertz CT molecular complexity index is 674. The maximum atomic E-state index is 12.4. The van der Waals surface area contributed by atoms with Crippen molar-refractivity contribution < 1.29 is 14.3 Å². The third-order valence-electron chi connectivity index (χ3n) is 4.20. The number of amides is 1. The Labute approximate surface area is 156 Å². The van der Waals surface area contributed by atoms with E-state index in [1.165, 1.54) is 0 Å². The lowest BCUT2D eigenvalue weighted by Gasteiger charge is -2.13. The number of hydrogen-bond donors (Lipinski definition) is 1. The summed E-state index contributed by atoms with van der Waals surface area (Å²) in [4.78, 5) is 28.7. The molecule has 2 aliphatic rings. The Kier molecular flexibility index (Phi) is 6.42. The molecule has 1 saturated carbocycles. The third kappa shape index (κ3) is 5.51. The summed E-state index contributed by atoms with van der Waals surface area (Å²) < 4.78 is 6.27. The largest absolute Gasteiger partial charge is 0.452 e. The van der Waals surface area contributed by atoms with Crippen LogP contribution in [-0.4, -0.2) is 41.2 Å². The van der Waals surface area contributed by atoms with Gasteiger partial charge in [0.2, 0.25) is 0 Å². The van der Waals surface area contributed by atoms with Gasteiger partial charge in [0.15, 0.2) is 6.61 Å². The highest BCUT2D eigenvalue weighted by Crippen LogP contribution is 2.32. The van der Waals surface area contributed by atoms with Crippen molar-refractivity contribution in [3.63, 3.8) is 0 Å². The molecular weight excluding hydrogens is 356 g/mol. The molecule has 1 amide bonds. The summed E-state index contributed by atoms with van der Waals surface area (Å²) in [7, 11) is 0. The molecule has 0 aromatic heterocycles. The number of carbonyl (C=O) groups is 2. The molecule has 1 fully saturated rings. The molecule has 3 rings (SSSR count). The van der Waals surface area contributed by atoms with Crippen LogP contribution in [0.15, 0.2) is 29.3 Å². The Hall–Kier alpha value is -1.47. The standard InChI is InChI=1S/C18H22N2O3S2/c1-12(13-6-7-13)20-16(21)10-23-17(22)15-5-3-2-4-14(15)11-25-18-19-8-9-24-18/h2-5,12-13H,6-11H2,1H3,(H,20,21)/t12-/m0/s1. The zero-order chi connectivity index (χ0) is 17.6. The van der Waals surface area contributed by atoms with Gasteiger partial charge in [0.05, 0.1) is 12.1 Å². The van der Waals surface area contributed by atoms with Crippen molar-refractivity contribution in [3.8, 4) is 0 Å². The molecule has 1 aromatic carbocycles. The molecule has 1 aliphatic heterocycles. The molecule has 7 heteroatoms. The Balaban J connectivity index is 1.51. The number of hydrogen-bond acceptors (Lipinski definition) is 6. The van der Waals surface area contributed by atoms with Gasteiger partial charge in [-0.15, -0.1) is 0 Å². The highest BCUT2D eigenvalue weighted by atomic mass is 32.2. The Morgan fingerprint density at radius 3 is 2.92 bits per heavy atom. The fourth-order valence-corrected chi connectivity index (χ4v) is 4.62. The quantitative estimate of drug-likeness (QED) is 0.739. The molecule has 0 bridgehead atoms. The summed E-state index contributed by atoms with van der Waals surface area (Å²) in [6, 6.07) is 7.52. The molecule has 1 aliphatic carbocycles. The number of nitrogens with zero attached hydrogens (tertiary/aromatic N) is 1. The summed E-state index contributed by atoms with van der Waals surface area (Å²) >= 11 is 3.38. The van der Waals surface area contributed by atoms with Crippen LogP contribution in [0.1, 0.15) is 35.7 Å². The van der Waals surface area contributed by atoms with Crippen molar-refractivity contribution in [2.75, 3.05) is 18.9 Å². The highest BCUT2D eigenvalue weighted by molar-refractivity contribution is 8.38. The van der Waals surface area contributed by atoms with Crippen molar-refractivity contribution in [1.29, 1.82) is 0 Å². The monoisotopic (exact) mass is 378 g/mol. The SMILES string of the molecule is C[C@H](NC(=O)COC(=O)c1ccccc1CSC1=NCCS1)C1CC1. The van der Waals surface area contributed by atoms with E-state index in [0.29, 0.717) is 17.2 Å². The topological polar surface area (TPSA) is 67.8 Å². The van der Waals surface area contributed by atoms with E-state index in [0.717, 1.165) is 35.1 Å². The summed E-state index contributed by atoms with van der Waals surface area (Å²) in [5, 5.41) is 2.89. The molecular formula is C18H22N2O3S2. The van der Waals surface area contributed by atoms with Gasteiger partial charge in [0.1, 0.15) is 4.38 Å². The van der Waals surface area contributed by atoms with Gasteiger partial charge in [-0.2, -0.15) is 0 Å². The zero-order valence-corrected chi connectivity index (χ0v) is 15.8. The first kappa shape index (κ1) is 18.3. The fraction of sp³-hybridized carbons (Fsp3) is 0.500. The van der Waals surface area contributed by atoms with Gasteiger partial charge in [-0.25, -0.2) is 4.79 Å². The number of benzene rings is 1. The number of nitrogens with one attached hydrogen (secondary N) is 1. The van der Waals surface area contributed by atoms with Crippen LogP contribution in [0.25, 0.3) is 0 Å². The number of aliphatic imine (C=N–C) groups is 1. The van der Waals surface area contributed by atoms with Gasteiger partial charge in [-0.3, -0.25) is 9.79 Å². The number of thioether (sulfide) groups is 2. The minimum absolute atomic E-state index is 0.152. The Morgan fingerprint density at radius 2 is 2.20 bits per heavy atom. The van der Waals surface area contributed by atoms with E-state index in [1.807, 2.05) is 25.1 Å². The van der Waals surface area contributed by atoms with Crippen molar-refractivity contribution in [2.24, 2.45) is 10.9 Å². The van der Waals surface area contributed by atoms with Gasteiger partial charge < -0.3 is 10.1 Å². The molecule has 0 unspecified atom stereocenters. The molecule has 1 heterocycles. The van der Waals surface area contributed by atoms with E-state index in [4.69, 9.17) is 4.74 Å². The predicted molar refractivity (Wildman–Crippen MR) is 103 cm³/mol. The van der Waals surface area contributed by atoms with Gasteiger partial charge in [-0.1, -0.05) is 41.7 Å². The van der Waals surface area contributed by atoms with Gasteiger partial charge in [0, 0.05) is 17.5 Å². The molecule has 0 saturated heterocycles. The number of esters is 1. The van der Waals surface area contributed by atoms with Crippen molar-refractivity contribution >= 4 is 39.8 Å². The summed E-state index contributed by atoms with van der Waals surface area (Å²) in [5.41, 5.74) is 1.42. The predicted octanol–water partition coefficient (Wildman–Crippen LogP) is 3.09. The lowest BCUT2D eigenvalue weighted by molar-refractivity contribution is -0.124. The van der Waals surface area contributed by atoms with Crippen molar-refractivity contribution in [1.82, 2.24) is 5.32 Å². The summed E-state index contributed by atoms with van der Waals surface area (Å²) in [6.45, 7) is 2.62. The molecule has 25 heavy (non-hydrogen) atoms. The average molecular weight is 379 g/mol. The van der Waals surface area contributed by atoms with Crippen molar-refractivity contribution in [2.45, 2.75) is 31.6 Å². The number of ether oxygens (including phenoxy) is 1. The first-order chi connectivity index (χ1) is 12.1. The van der Waals surface area contributed by atoms with Crippen LogP contribution in [0.2, 0.25) is 0 Å².